The van der Waals surface area contributed by atoms with Crippen molar-refractivity contribution in [3.63, 3.8) is 0 Å². The van der Waals surface area contributed by atoms with Gasteiger partial charge in [-0.25, -0.2) is 8.42 Å². The van der Waals surface area contributed by atoms with Crippen molar-refractivity contribution in [2.45, 2.75) is 35.3 Å². The number of carbonyl (C=O) groups excluding carboxylic acids is 1. The molecule has 6 heteroatoms. The van der Waals surface area contributed by atoms with Crippen LogP contribution < -0.4 is 5.32 Å². The molecule has 0 aromatic heterocycles. The van der Waals surface area contributed by atoms with Crippen LogP contribution in [0.25, 0.3) is 0 Å². The number of rotatable bonds is 4. The topological polar surface area (TPSA) is 63.2 Å². The highest BCUT2D eigenvalue weighted by Crippen LogP contribution is 2.41. The summed E-state index contributed by atoms with van der Waals surface area (Å²) < 4.78 is 26.0. The zero-order valence-corrected chi connectivity index (χ0v) is 16.0. The minimum Gasteiger partial charge on any atom is -0.325 e. The lowest BCUT2D eigenvalue weighted by Gasteiger charge is -2.27. The molecule has 1 aliphatic carbocycles. The molecule has 0 saturated heterocycles. The predicted molar refractivity (Wildman–Crippen MR) is 103 cm³/mol. The van der Waals surface area contributed by atoms with Gasteiger partial charge in [0.05, 0.1) is 4.90 Å². The Balaban J connectivity index is 1.98. The summed E-state index contributed by atoms with van der Waals surface area (Å²) in [5.74, 6) is -0.425. The van der Waals surface area contributed by atoms with Gasteiger partial charge in [-0.15, -0.1) is 0 Å². The highest BCUT2D eigenvalue weighted by atomic mass is 127. The third-order valence-corrected chi connectivity index (χ3v) is 7.66. The van der Waals surface area contributed by atoms with Crippen LogP contribution in [-0.2, 0) is 14.6 Å². The van der Waals surface area contributed by atoms with Gasteiger partial charge in [-0.2, -0.15) is 0 Å². The summed E-state index contributed by atoms with van der Waals surface area (Å²) in [4.78, 5) is 13.2. The molecule has 2 aromatic rings. The third kappa shape index (κ3) is 3.09. The standard InChI is InChI=1S/C18H18INO3S/c19-14-7-6-8-15(13-14)20-17(21)18(11-4-5-12-18)24(22,23)16-9-2-1-3-10-16/h1-3,6-10,13H,4-5,11-12H2,(H,20,21). The number of hydrogen-bond acceptors (Lipinski definition) is 3. The lowest BCUT2D eigenvalue weighted by atomic mass is 10.1. The Hall–Kier alpha value is -1.41. The van der Waals surface area contributed by atoms with Gasteiger partial charge in [0, 0.05) is 9.26 Å². The van der Waals surface area contributed by atoms with E-state index in [1.807, 2.05) is 18.2 Å². The van der Waals surface area contributed by atoms with Crippen molar-refractivity contribution >= 4 is 44.0 Å². The third-order valence-electron chi connectivity index (χ3n) is 4.48. The summed E-state index contributed by atoms with van der Waals surface area (Å²) in [6.07, 6.45) is 2.21. The molecule has 0 aliphatic heterocycles. The molecule has 3 rings (SSSR count). The van der Waals surface area contributed by atoms with Gasteiger partial charge in [-0.1, -0.05) is 37.1 Å². The maximum absolute atomic E-state index is 13.2. The first-order chi connectivity index (χ1) is 11.5. The smallest absolute Gasteiger partial charge is 0.246 e. The Kier molecular flexibility index (Phi) is 4.96. The molecule has 1 amide bonds. The van der Waals surface area contributed by atoms with Crippen LogP contribution in [0.4, 0.5) is 5.69 Å². The average Bonchev–Trinajstić information content (AvgIpc) is 3.07. The monoisotopic (exact) mass is 455 g/mol. The molecule has 1 fully saturated rings. The Morgan fingerprint density at radius 2 is 1.67 bits per heavy atom. The largest absolute Gasteiger partial charge is 0.325 e. The normalized spacial score (nSPS) is 16.7. The van der Waals surface area contributed by atoms with Gasteiger partial charge in [0.25, 0.3) is 0 Å². The Labute approximate surface area is 155 Å². The summed E-state index contributed by atoms with van der Waals surface area (Å²) in [6.45, 7) is 0. The minimum absolute atomic E-state index is 0.213. The zero-order chi connectivity index (χ0) is 17.2. The van der Waals surface area contributed by atoms with Crippen molar-refractivity contribution in [3.05, 3.63) is 58.2 Å². The summed E-state index contributed by atoms with van der Waals surface area (Å²) >= 11 is 2.16. The van der Waals surface area contributed by atoms with E-state index in [9.17, 15) is 13.2 Å². The van der Waals surface area contributed by atoms with E-state index in [1.165, 1.54) is 0 Å². The van der Waals surface area contributed by atoms with E-state index in [1.54, 1.807) is 36.4 Å². The Bertz CT molecular complexity index is 844. The molecule has 126 valence electrons. The summed E-state index contributed by atoms with van der Waals surface area (Å²) in [5.41, 5.74) is 0.626. The predicted octanol–water partition coefficient (Wildman–Crippen LogP) is 4.02. The highest BCUT2D eigenvalue weighted by molar-refractivity contribution is 14.1. The fraction of sp³-hybridized carbons (Fsp3) is 0.278. The number of anilines is 1. The van der Waals surface area contributed by atoms with E-state index in [-0.39, 0.29) is 4.90 Å². The van der Waals surface area contributed by atoms with Crippen LogP contribution >= 0.6 is 22.6 Å². The molecule has 2 aromatic carbocycles. The number of hydrogen-bond donors (Lipinski definition) is 1. The van der Waals surface area contributed by atoms with Crippen LogP contribution in [0, 0.1) is 3.57 Å². The molecule has 1 saturated carbocycles. The molecule has 1 aliphatic rings. The number of amides is 1. The fourth-order valence-electron chi connectivity index (χ4n) is 3.20. The quantitative estimate of drug-likeness (QED) is 0.709. The van der Waals surface area contributed by atoms with Gasteiger partial charge in [-0.3, -0.25) is 4.79 Å². The molecule has 0 atom stereocenters. The fourth-order valence-corrected chi connectivity index (χ4v) is 5.83. The number of carbonyl (C=O) groups is 1. The molecular formula is C18H18INO3S. The maximum Gasteiger partial charge on any atom is 0.246 e. The second kappa shape index (κ2) is 6.84. The van der Waals surface area contributed by atoms with E-state index >= 15 is 0 Å². The van der Waals surface area contributed by atoms with Gasteiger partial charge < -0.3 is 5.32 Å². The van der Waals surface area contributed by atoms with Crippen molar-refractivity contribution in [1.29, 1.82) is 0 Å². The molecule has 0 spiro atoms. The number of halogens is 1. The van der Waals surface area contributed by atoms with Crippen molar-refractivity contribution in [2.75, 3.05) is 5.32 Å². The van der Waals surface area contributed by atoms with Crippen molar-refractivity contribution < 1.29 is 13.2 Å². The van der Waals surface area contributed by atoms with Gasteiger partial charge in [0.2, 0.25) is 5.91 Å². The summed E-state index contributed by atoms with van der Waals surface area (Å²) in [7, 11) is -3.74. The SMILES string of the molecule is O=C(Nc1cccc(I)c1)C1(S(=O)(=O)c2ccccc2)CCCC1. The van der Waals surface area contributed by atoms with Crippen LogP contribution in [0.1, 0.15) is 25.7 Å². The van der Waals surface area contributed by atoms with E-state index in [0.29, 0.717) is 18.5 Å². The molecule has 1 N–H and O–H groups in total. The second-order valence-corrected chi connectivity index (χ2v) is 9.49. The van der Waals surface area contributed by atoms with Crippen LogP contribution in [0.5, 0.6) is 0 Å². The van der Waals surface area contributed by atoms with Crippen LogP contribution in [-0.4, -0.2) is 19.1 Å². The van der Waals surface area contributed by atoms with E-state index < -0.39 is 20.5 Å². The Morgan fingerprint density at radius 3 is 2.29 bits per heavy atom. The lowest BCUT2D eigenvalue weighted by Crippen LogP contribution is -2.47. The van der Waals surface area contributed by atoms with Gasteiger partial charge >= 0.3 is 0 Å². The average molecular weight is 455 g/mol. The van der Waals surface area contributed by atoms with E-state index in [2.05, 4.69) is 27.9 Å². The summed E-state index contributed by atoms with van der Waals surface area (Å²) in [6, 6.07) is 15.6. The molecule has 0 unspecified atom stereocenters. The number of nitrogens with one attached hydrogen (secondary N) is 1. The first-order valence-electron chi connectivity index (χ1n) is 7.82. The van der Waals surface area contributed by atoms with Crippen LogP contribution in [0.2, 0.25) is 0 Å². The van der Waals surface area contributed by atoms with Crippen molar-refractivity contribution in [3.8, 4) is 0 Å². The maximum atomic E-state index is 13.2. The Morgan fingerprint density at radius 1 is 1.00 bits per heavy atom. The zero-order valence-electron chi connectivity index (χ0n) is 13.0. The second-order valence-electron chi connectivity index (χ2n) is 5.98. The van der Waals surface area contributed by atoms with E-state index in [4.69, 9.17) is 0 Å². The molecular weight excluding hydrogens is 437 g/mol. The van der Waals surface area contributed by atoms with Crippen molar-refractivity contribution in [1.82, 2.24) is 0 Å². The van der Waals surface area contributed by atoms with Crippen LogP contribution in [0.3, 0.4) is 0 Å². The van der Waals surface area contributed by atoms with Crippen molar-refractivity contribution in [2.24, 2.45) is 0 Å². The van der Waals surface area contributed by atoms with E-state index in [0.717, 1.165) is 16.4 Å². The molecule has 24 heavy (non-hydrogen) atoms. The first-order valence-corrected chi connectivity index (χ1v) is 10.4. The highest BCUT2D eigenvalue weighted by Gasteiger charge is 2.52. The molecule has 0 heterocycles. The van der Waals surface area contributed by atoms with Gasteiger partial charge in [0.1, 0.15) is 0 Å². The van der Waals surface area contributed by atoms with Crippen LogP contribution in [0.15, 0.2) is 59.5 Å². The number of sulfone groups is 1. The molecule has 0 radical (unpaired) electrons. The summed E-state index contributed by atoms with van der Waals surface area (Å²) in [5, 5.41) is 2.82. The minimum atomic E-state index is -3.74. The lowest BCUT2D eigenvalue weighted by molar-refractivity contribution is -0.118. The van der Waals surface area contributed by atoms with Gasteiger partial charge in [0.15, 0.2) is 14.6 Å². The molecule has 4 nitrogen and oxygen atoms in total. The number of benzene rings is 2. The molecule has 0 bridgehead atoms. The van der Waals surface area contributed by atoms with Gasteiger partial charge in [-0.05, 0) is 65.8 Å². The first kappa shape index (κ1) is 17.4.